The average molecular weight is 269 g/mol. The molecule has 4 heteroatoms. The highest BCUT2D eigenvalue weighted by Gasteiger charge is 2.16. The van der Waals surface area contributed by atoms with Crippen molar-refractivity contribution in [3.63, 3.8) is 0 Å². The van der Waals surface area contributed by atoms with E-state index in [1.54, 1.807) is 6.07 Å². The fourth-order valence-electron chi connectivity index (χ4n) is 2.22. The van der Waals surface area contributed by atoms with Gasteiger partial charge in [0.25, 0.3) is 0 Å². The number of carbonyl (C=O) groups excluding carboxylic acids is 1. The van der Waals surface area contributed by atoms with E-state index in [1.807, 2.05) is 56.3 Å². The van der Waals surface area contributed by atoms with Crippen molar-refractivity contribution in [3.05, 3.63) is 47.5 Å². The monoisotopic (exact) mass is 269 g/mol. The second kappa shape index (κ2) is 5.25. The Morgan fingerprint density at radius 1 is 1.15 bits per heavy atom. The topological polar surface area (TPSA) is 72.4 Å². The molecule has 20 heavy (non-hydrogen) atoms. The van der Waals surface area contributed by atoms with Gasteiger partial charge in [0.15, 0.2) is 0 Å². The number of amides is 1. The van der Waals surface area contributed by atoms with Gasteiger partial charge in [-0.05, 0) is 36.2 Å². The minimum Gasteiger partial charge on any atom is -0.398 e. The summed E-state index contributed by atoms with van der Waals surface area (Å²) in [5, 5.41) is 0. The van der Waals surface area contributed by atoms with E-state index in [1.165, 1.54) is 0 Å². The molecule has 2 aromatic carbocycles. The molecule has 0 unspecified atom stereocenters. The maximum atomic E-state index is 11.7. The minimum absolute atomic E-state index is 0.442. The molecule has 0 aliphatic carbocycles. The molecule has 4 N–H and O–H groups in total. The maximum Gasteiger partial charge on any atom is 0.249 e. The second-order valence-electron chi connectivity index (χ2n) is 5.03. The van der Waals surface area contributed by atoms with Crippen LogP contribution in [0.15, 0.2) is 36.4 Å². The fraction of sp³-hybridized carbons (Fsp3) is 0.188. The van der Waals surface area contributed by atoms with Crippen molar-refractivity contribution in [2.45, 2.75) is 6.92 Å². The van der Waals surface area contributed by atoms with Crippen molar-refractivity contribution < 1.29 is 4.79 Å². The summed E-state index contributed by atoms with van der Waals surface area (Å²) in [6.07, 6.45) is 0. The number of hydrogen-bond donors (Lipinski definition) is 2. The summed E-state index contributed by atoms with van der Waals surface area (Å²) in [7, 11) is 3.86. The van der Waals surface area contributed by atoms with Crippen LogP contribution < -0.4 is 16.4 Å². The van der Waals surface area contributed by atoms with Crippen LogP contribution in [-0.2, 0) is 0 Å². The molecule has 1 amide bonds. The van der Waals surface area contributed by atoms with Crippen LogP contribution >= 0.6 is 0 Å². The Hall–Kier alpha value is -2.49. The van der Waals surface area contributed by atoms with Crippen molar-refractivity contribution in [3.8, 4) is 11.1 Å². The molecule has 0 saturated carbocycles. The lowest BCUT2D eigenvalue weighted by molar-refractivity contribution is 0.100. The number of nitrogens with zero attached hydrogens (tertiary/aromatic N) is 1. The number of hydrogen-bond acceptors (Lipinski definition) is 3. The largest absolute Gasteiger partial charge is 0.398 e. The molecular weight excluding hydrogens is 250 g/mol. The number of anilines is 2. The standard InChI is InChI=1S/C16H19N3O/c1-10-7-8-11(9-13(10)17)15-12(16(18)20)5-4-6-14(15)19(2)3/h4-9H,17H2,1-3H3,(H2,18,20). The molecule has 2 aromatic rings. The number of rotatable bonds is 3. The van der Waals surface area contributed by atoms with Crippen molar-refractivity contribution in [1.82, 2.24) is 0 Å². The van der Waals surface area contributed by atoms with E-state index in [-0.39, 0.29) is 0 Å². The van der Waals surface area contributed by atoms with E-state index in [9.17, 15) is 4.79 Å². The summed E-state index contributed by atoms with van der Waals surface area (Å²) < 4.78 is 0. The highest BCUT2D eigenvalue weighted by atomic mass is 16.1. The molecule has 0 bridgehead atoms. The van der Waals surface area contributed by atoms with Gasteiger partial charge < -0.3 is 16.4 Å². The van der Waals surface area contributed by atoms with Crippen LogP contribution in [0, 0.1) is 6.92 Å². The molecule has 2 rings (SSSR count). The van der Waals surface area contributed by atoms with Gasteiger partial charge in [0.2, 0.25) is 5.91 Å². The van der Waals surface area contributed by atoms with Gasteiger partial charge in [-0.3, -0.25) is 4.79 Å². The number of benzene rings is 2. The quantitative estimate of drug-likeness (QED) is 0.840. The molecule has 0 heterocycles. The number of nitrogens with two attached hydrogens (primary N) is 2. The summed E-state index contributed by atoms with van der Waals surface area (Å²) in [4.78, 5) is 13.7. The van der Waals surface area contributed by atoms with Crippen LogP contribution in [0.5, 0.6) is 0 Å². The maximum absolute atomic E-state index is 11.7. The smallest absolute Gasteiger partial charge is 0.249 e. The second-order valence-corrected chi connectivity index (χ2v) is 5.03. The van der Waals surface area contributed by atoms with E-state index < -0.39 is 5.91 Å². The van der Waals surface area contributed by atoms with E-state index in [0.29, 0.717) is 11.3 Å². The van der Waals surface area contributed by atoms with Crippen molar-refractivity contribution in [2.24, 2.45) is 5.73 Å². The van der Waals surface area contributed by atoms with Crippen molar-refractivity contribution >= 4 is 17.3 Å². The number of primary amides is 1. The third-order valence-corrected chi connectivity index (χ3v) is 3.36. The van der Waals surface area contributed by atoms with Crippen LogP contribution in [0.3, 0.4) is 0 Å². The highest BCUT2D eigenvalue weighted by molar-refractivity contribution is 6.03. The Morgan fingerprint density at radius 3 is 2.40 bits per heavy atom. The summed E-state index contributed by atoms with van der Waals surface area (Å²) >= 11 is 0. The van der Waals surface area contributed by atoms with E-state index in [4.69, 9.17) is 11.5 Å². The summed E-state index contributed by atoms with van der Waals surface area (Å²) in [6.45, 7) is 1.95. The first kappa shape index (κ1) is 13.9. The third-order valence-electron chi connectivity index (χ3n) is 3.36. The van der Waals surface area contributed by atoms with Crippen molar-refractivity contribution in [2.75, 3.05) is 24.7 Å². The zero-order valence-corrected chi connectivity index (χ0v) is 12.0. The lowest BCUT2D eigenvalue weighted by Gasteiger charge is -2.20. The van der Waals surface area contributed by atoms with Crippen molar-refractivity contribution in [1.29, 1.82) is 0 Å². The highest BCUT2D eigenvalue weighted by Crippen LogP contribution is 2.34. The molecule has 0 atom stereocenters. The van der Waals surface area contributed by atoms with E-state index in [2.05, 4.69) is 0 Å². The predicted octanol–water partition coefficient (Wildman–Crippen LogP) is 2.41. The predicted molar refractivity (Wildman–Crippen MR) is 83.9 cm³/mol. The Kier molecular flexibility index (Phi) is 3.66. The lowest BCUT2D eigenvalue weighted by atomic mass is 9.95. The average Bonchev–Trinajstić information content (AvgIpc) is 2.41. The molecular formula is C16H19N3O. The normalized spacial score (nSPS) is 10.3. The van der Waals surface area contributed by atoms with Crippen LogP contribution in [0.1, 0.15) is 15.9 Å². The SMILES string of the molecule is Cc1ccc(-c2c(C(N)=O)cccc2N(C)C)cc1N. The Bertz CT molecular complexity index is 663. The first-order valence-electron chi connectivity index (χ1n) is 6.38. The summed E-state index contributed by atoms with van der Waals surface area (Å²) in [5.74, 6) is -0.442. The molecule has 0 aliphatic rings. The summed E-state index contributed by atoms with van der Waals surface area (Å²) in [5.41, 5.74) is 16.3. The van der Waals surface area contributed by atoms with Gasteiger partial charge in [-0.2, -0.15) is 0 Å². The Balaban J connectivity index is 2.75. The first-order valence-corrected chi connectivity index (χ1v) is 6.38. The zero-order chi connectivity index (χ0) is 14.9. The van der Waals surface area contributed by atoms with Gasteiger partial charge >= 0.3 is 0 Å². The third kappa shape index (κ3) is 2.45. The van der Waals surface area contributed by atoms with Gasteiger partial charge in [-0.1, -0.05) is 18.2 Å². The number of nitrogen functional groups attached to an aromatic ring is 1. The van der Waals surface area contributed by atoms with Gasteiger partial charge in [0, 0.05) is 36.6 Å². The van der Waals surface area contributed by atoms with E-state index >= 15 is 0 Å². The zero-order valence-electron chi connectivity index (χ0n) is 12.0. The van der Waals surface area contributed by atoms with Crippen LogP contribution in [0.4, 0.5) is 11.4 Å². The van der Waals surface area contributed by atoms with Gasteiger partial charge in [0.05, 0.1) is 0 Å². The molecule has 0 aliphatic heterocycles. The number of aryl methyl sites for hydroxylation is 1. The molecule has 0 radical (unpaired) electrons. The molecule has 4 nitrogen and oxygen atoms in total. The van der Waals surface area contributed by atoms with Crippen LogP contribution in [0.2, 0.25) is 0 Å². The Labute approximate surface area is 119 Å². The van der Waals surface area contributed by atoms with Crippen LogP contribution in [0.25, 0.3) is 11.1 Å². The minimum atomic E-state index is -0.442. The van der Waals surface area contributed by atoms with Gasteiger partial charge in [-0.25, -0.2) is 0 Å². The lowest BCUT2D eigenvalue weighted by Crippen LogP contribution is -2.16. The summed E-state index contributed by atoms with van der Waals surface area (Å²) in [6, 6.07) is 11.3. The molecule has 0 aromatic heterocycles. The number of carbonyl (C=O) groups is 1. The molecule has 0 spiro atoms. The first-order chi connectivity index (χ1) is 9.41. The molecule has 0 saturated heterocycles. The van der Waals surface area contributed by atoms with Crippen LogP contribution in [-0.4, -0.2) is 20.0 Å². The van der Waals surface area contributed by atoms with Gasteiger partial charge in [0.1, 0.15) is 0 Å². The van der Waals surface area contributed by atoms with E-state index in [0.717, 1.165) is 22.4 Å². The Morgan fingerprint density at radius 2 is 1.85 bits per heavy atom. The fourth-order valence-corrected chi connectivity index (χ4v) is 2.22. The molecule has 0 fully saturated rings. The molecule has 104 valence electrons. The van der Waals surface area contributed by atoms with Gasteiger partial charge in [-0.15, -0.1) is 0 Å².